The van der Waals surface area contributed by atoms with Gasteiger partial charge in [-0.15, -0.1) is 0 Å². The number of anilines is 1. The van der Waals surface area contributed by atoms with Gasteiger partial charge in [0.05, 0.1) is 4.92 Å². The molecule has 0 aliphatic carbocycles. The molecule has 8 heteroatoms. The van der Waals surface area contributed by atoms with Crippen LogP contribution in [-0.2, 0) is 0 Å². The van der Waals surface area contributed by atoms with Gasteiger partial charge >= 0.3 is 11.7 Å². The quantitative estimate of drug-likeness (QED) is 0.575. The van der Waals surface area contributed by atoms with E-state index < -0.39 is 10.9 Å². The third-order valence-corrected chi connectivity index (χ3v) is 2.68. The van der Waals surface area contributed by atoms with Crippen molar-refractivity contribution >= 4 is 17.5 Å². The van der Waals surface area contributed by atoms with Crippen LogP contribution in [0.15, 0.2) is 12.1 Å². The van der Waals surface area contributed by atoms with E-state index in [0.29, 0.717) is 0 Å². The summed E-state index contributed by atoms with van der Waals surface area (Å²) in [5.74, 6) is -1.23. The molecule has 0 bridgehead atoms. The van der Waals surface area contributed by atoms with Crippen molar-refractivity contribution in [2.24, 2.45) is 0 Å². The van der Waals surface area contributed by atoms with Gasteiger partial charge in [-0.3, -0.25) is 10.1 Å². The van der Waals surface area contributed by atoms with Gasteiger partial charge in [0.2, 0.25) is 5.82 Å². The highest BCUT2D eigenvalue weighted by Crippen LogP contribution is 2.23. The summed E-state index contributed by atoms with van der Waals surface area (Å²) in [4.78, 5) is 27.0. The predicted octanol–water partition coefficient (Wildman–Crippen LogP) is 1.44. The molecular weight excluding hydrogens is 264 g/mol. The molecule has 0 saturated heterocycles. The highest BCUT2D eigenvalue weighted by Gasteiger charge is 2.19. The molecule has 1 rings (SSSR count). The van der Waals surface area contributed by atoms with Gasteiger partial charge in [-0.2, -0.15) is 0 Å². The van der Waals surface area contributed by atoms with Crippen molar-refractivity contribution in [2.45, 2.75) is 19.4 Å². The summed E-state index contributed by atoms with van der Waals surface area (Å²) < 4.78 is 0. The van der Waals surface area contributed by atoms with Crippen molar-refractivity contribution in [1.29, 1.82) is 0 Å². The van der Waals surface area contributed by atoms with Crippen molar-refractivity contribution in [3.05, 3.63) is 27.9 Å². The highest BCUT2D eigenvalue weighted by atomic mass is 16.6. The monoisotopic (exact) mass is 282 g/mol. The number of carboxylic acids is 1. The number of hydrogen-bond acceptors (Lipinski definition) is 6. The zero-order valence-electron chi connectivity index (χ0n) is 11.7. The molecule has 110 valence electrons. The van der Waals surface area contributed by atoms with Crippen molar-refractivity contribution in [3.63, 3.8) is 0 Å². The maximum absolute atomic E-state index is 10.9. The average molecular weight is 282 g/mol. The molecule has 0 aromatic carbocycles. The van der Waals surface area contributed by atoms with Gasteiger partial charge in [-0.1, -0.05) is 0 Å². The first-order chi connectivity index (χ1) is 9.31. The maximum atomic E-state index is 10.9. The van der Waals surface area contributed by atoms with Gasteiger partial charge in [-0.25, -0.2) is 9.78 Å². The van der Waals surface area contributed by atoms with E-state index in [2.05, 4.69) is 10.3 Å². The van der Waals surface area contributed by atoms with Crippen molar-refractivity contribution < 1.29 is 14.8 Å². The van der Waals surface area contributed by atoms with E-state index in [0.717, 1.165) is 25.1 Å². The number of nitro groups is 1. The number of aromatic nitrogens is 1. The SMILES string of the molecule is CC(CCN(C)C)Nc1nc(C(=O)O)ccc1[N+](=O)[O-]. The smallest absolute Gasteiger partial charge is 0.354 e. The van der Waals surface area contributed by atoms with Crippen LogP contribution < -0.4 is 5.32 Å². The zero-order chi connectivity index (χ0) is 15.3. The van der Waals surface area contributed by atoms with Gasteiger partial charge in [-0.05, 0) is 40.1 Å². The minimum absolute atomic E-state index is 0.0128. The van der Waals surface area contributed by atoms with Crippen molar-refractivity contribution in [3.8, 4) is 0 Å². The first-order valence-corrected chi connectivity index (χ1v) is 6.11. The van der Waals surface area contributed by atoms with Crippen LogP contribution in [0.5, 0.6) is 0 Å². The third kappa shape index (κ3) is 4.47. The number of aromatic carboxylic acids is 1. The van der Waals surface area contributed by atoms with Crippen molar-refractivity contribution in [1.82, 2.24) is 9.88 Å². The Balaban J connectivity index is 2.92. The molecule has 2 N–H and O–H groups in total. The molecule has 20 heavy (non-hydrogen) atoms. The van der Waals surface area contributed by atoms with Crippen LogP contribution in [0.2, 0.25) is 0 Å². The number of carboxylic acid groups (broad SMARTS) is 1. The van der Waals surface area contributed by atoms with E-state index in [1.807, 2.05) is 25.9 Å². The minimum Gasteiger partial charge on any atom is -0.477 e. The average Bonchev–Trinajstić information content (AvgIpc) is 2.35. The van der Waals surface area contributed by atoms with Gasteiger partial charge in [0.25, 0.3) is 0 Å². The molecule has 1 aromatic rings. The topological polar surface area (TPSA) is 109 Å². The lowest BCUT2D eigenvalue weighted by atomic mass is 10.2. The Morgan fingerprint density at radius 1 is 1.55 bits per heavy atom. The van der Waals surface area contributed by atoms with E-state index in [9.17, 15) is 14.9 Å². The Labute approximate surface area is 116 Å². The Kier molecular flexibility index (Phi) is 5.39. The van der Waals surface area contributed by atoms with Crippen LogP contribution in [0.4, 0.5) is 11.5 Å². The molecule has 0 aliphatic rings. The first-order valence-electron chi connectivity index (χ1n) is 6.11. The molecule has 0 aliphatic heterocycles. The van der Waals surface area contributed by atoms with Gasteiger partial charge in [0.1, 0.15) is 0 Å². The zero-order valence-corrected chi connectivity index (χ0v) is 11.7. The molecule has 1 unspecified atom stereocenters. The minimum atomic E-state index is -1.22. The summed E-state index contributed by atoms with van der Waals surface area (Å²) in [5.41, 5.74) is -0.454. The van der Waals surface area contributed by atoms with E-state index in [-0.39, 0.29) is 23.2 Å². The van der Waals surface area contributed by atoms with Crippen LogP contribution >= 0.6 is 0 Å². The van der Waals surface area contributed by atoms with Gasteiger partial charge < -0.3 is 15.3 Å². The fourth-order valence-electron chi connectivity index (χ4n) is 1.58. The van der Waals surface area contributed by atoms with E-state index in [1.165, 1.54) is 0 Å². The summed E-state index contributed by atoms with van der Waals surface area (Å²) in [7, 11) is 3.86. The Morgan fingerprint density at radius 2 is 2.20 bits per heavy atom. The van der Waals surface area contributed by atoms with Crippen LogP contribution in [0, 0.1) is 10.1 Å². The summed E-state index contributed by atoms with van der Waals surface area (Å²) in [5, 5.41) is 22.7. The fraction of sp³-hybridized carbons (Fsp3) is 0.500. The van der Waals surface area contributed by atoms with Crippen LogP contribution in [0.25, 0.3) is 0 Å². The normalized spacial score (nSPS) is 12.2. The Morgan fingerprint density at radius 3 is 2.70 bits per heavy atom. The second-order valence-corrected chi connectivity index (χ2v) is 4.76. The molecule has 1 aromatic heterocycles. The van der Waals surface area contributed by atoms with Crippen LogP contribution in [-0.4, -0.2) is 52.6 Å². The molecule has 0 radical (unpaired) electrons. The van der Waals surface area contributed by atoms with Gasteiger partial charge in [0, 0.05) is 12.1 Å². The molecule has 0 amide bonds. The molecule has 0 spiro atoms. The number of nitrogens with zero attached hydrogens (tertiary/aromatic N) is 3. The number of hydrogen-bond donors (Lipinski definition) is 2. The number of pyridine rings is 1. The highest BCUT2D eigenvalue weighted by molar-refractivity contribution is 5.86. The Hall–Kier alpha value is -2.22. The van der Waals surface area contributed by atoms with Crippen molar-refractivity contribution in [2.75, 3.05) is 26.0 Å². The summed E-state index contributed by atoms with van der Waals surface area (Å²) in [6.07, 6.45) is 0.753. The lowest BCUT2D eigenvalue weighted by Gasteiger charge is -2.17. The fourth-order valence-corrected chi connectivity index (χ4v) is 1.58. The van der Waals surface area contributed by atoms with Crippen LogP contribution in [0.3, 0.4) is 0 Å². The first kappa shape index (κ1) is 15.8. The molecule has 0 fully saturated rings. The van der Waals surface area contributed by atoms with E-state index in [4.69, 9.17) is 5.11 Å². The van der Waals surface area contributed by atoms with E-state index in [1.54, 1.807) is 0 Å². The Bertz CT molecular complexity index is 504. The molecule has 0 saturated carbocycles. The van der Waals surface area contributed by atoms with Gasteiger partial charge in [0.15, 0.2) is 5.69 Å². The second kappa shape index (κ2) is 6.80. The lowest BCUT2D eigenvalue weighted by molar-refractivity contribution is -0.384. The summed E-state index contributed by atoms with van der Waals surface area (Å²) in [6, 6.07) is 2.21. The predicted molar refractivity (Wildman–Crippen MR) is 74.1 cm³/mol. The summed E-state index contributed by atoms with van der Waals surface area (Å²) >= 11 is 0. The number of rotatable bonds is 7. The molecule has 1 heterocycles. The number of carbonyl (C=O) groups is 1. The second-order valence-electron chi connectivity index (χ2n) is 4.76. The number of nitrogens with one attached hydrogen (secondary N) is 1. The molecule has 1 atom stereocenters. The maximum Gasteiger partial charge on any atom is 0.354 e. The largest absolute Gasteiger partial charge is 0.477 e. The lowest BCUT2D eigenvalue weighted by Crippen LogP contribution is -2.24. The van der Waals surface area contributed by atoms with E-state index >= 15 is 0 Å². The standard InChI is InChI=1S/C12H18N4O4/c1-8(6-7-15(2)3)13-11-10(16(19)20)5-4-9(14-11)12(17)18/h4-5,8H,6-7H2,1-3H3,(H,13,14)(H,17,18). The third-order valence-electron chi connectivity index (χ3n) is 2.68. The molecular formula is C12H18N4O4. The molecule has 8 nitrogen and oxygen atoms in total. The summed E-state index contributed by atoms with van der Waals surface area (Å²) in [6.45, 7) is 2.67. The van der Waals surface area contributed by atoms with Crippen LogP contribution in [0.1, 0.15) is 23.8 Å².